The van der Waals surface area contributed by atoms with Gasteiger partial charge >= 0.3 is 0 Å². The summed E-state index contributed by atoms with van der Waals surface area (Å²) in [5.41, 5.74) is 0.518. The van der Waals surface area contributed by atoms with Crippen molar-refractivity contribution < 1.29 is 14.0 Å². The van der Waals surface area contributed by atoms with Crippen molar-refractivity contribution in [1.82, 2.24) is 15.6 Å². The second-order valence-corrected chi connectivity index (χ2v) is 6.21. The summed E-state index contributed by atoms with van der Waals surface area (Å²) in [6, 6.07) is 5.73. The van der Waals surface area contributed by atoms with Gasteiger partial charge in [0.25, 0.3) is 5.91 Å². The van der Waals surface area contributed by atoms with E-state index in [-0.39, 0.29) is 42.7 Å². The maximum absolute atomic E-state index is 13.6. The number of carbonyl (C=O) groups is 2. The second-order valence-electron chi connectivity index (χ2n) is 5.35. The van der Waals surface area contributed by atoms with Crippen molar-refractivity contribution in [3.63, 3.8) is 0 Å². The molecule has 0 aliphatic rings. The zero-order chi connectivity index (χ0) is 18.1. The summed E-state index contributed by atoms with van der Waals surface area (Å²) in [7, 11) is 0. The van der Waals surface area contributed by atoms with Crippen molar-refractivity contribution in [3.8, 4) is 0 Å². The fraction of sp³-hybridized carbons (Fsp3) is 0.353. The van der Waals surface area contributed by atoms with Gasteiger partial charge in [0.15, 0.2) is 5.13 Å². The number of hydrogen-bond acceptors (Lipinski definition) is 5. The van der Waals surface area contributed by atoms with Gasteiger partial charge in [0, 0.05) is 18.5 Å². The van der Waals surface area contributed by atoms with Crippen LogP contribution in [0.5, 0.6) is 0 Å². The molecule has 3 N–H and O–H groups in total. The lowest BCUT2D eigenvalue weighted by Gasteiger charge is -2.05. The molecule has 0 saturated heterocycles. The Bertz CT molecular complexity index is 730. The van der Waals surface area contributed by atoms with Gasteiger partial charge in [-0.05, 0) is 25.1 Å². The summed E-state index contributed by atoms with van der Waals surface area (Å²) in [6.07, 6.45) is 1.19. The van der Waals surface area contributed by atoms with Gasteiger partial charge in [0.1, 0.15) is 5.82 Å². The lowest BCUT2D eigenvalue weighted by Crippen LogP contribution is -2.33. The molecular formula is C17H23Cl2FN4O2S. The summed E-state index contributed by atoms with van der Waals surface area (Å²) >= 11 is 1.20. The molecule has 0 radical (unpaired) electrons. The highest BCUT2D eigenvalue weighted by Gasteiger charge is 2.13. The van der Waals surface area contributed by atoms with Crippen LogP contribution in [-0.2, 0) is 11.2 Å². The van der Waals surface area contributed by atoms with E-state index in [9.17, 15) is 14.0 Å². The number of thiazole rings is 1. The molecule has 0 unspecified atom stereocenters. The van der Waals surface area contributed by atoms with E-state index in [1.807, 2.05) is 0 Å². The van der Waals surface area contributed by atoms with E-state index >= 15 is 0 Å². The van der Waals surface area contributed by atoms with Crippen molar-refractivity contribution in [2.75, 3.05) is 25.0 Å². The van der Waals surface area contributed by atoms with Gasteiger partial charge in [0.05, 0.1) is 17.7 Å². The van der Waals surface area contributed by atoms with E-state index in [1.165, 1.54) is 29.5 Å². The highest BCUT2D eigenvalue weighted by Crippen LogP contribution is 2.17. The molecule has 1 aromatic heterocycles. The summed E-state index contributed by atoms with van der Waals surface area (Å²) in [4.78, 5) is 28.0. The van der Waals surface area contributed by atoms with Crippen molar-refractivity contribution in [2.24, 2.45) is 0 Å². The SMILES string of the molecule is CCCNCCNC(=O)Cc1csc(NC(=O)c2ccccc2F)n1.Cl.Cl. The molecule has 0 bridgehead atoms. The first-order chi connectivity index (χ1) is 12.1. The maximum atomic E-state index is 13.6. The Morgan fingerprint density at radius 3 is 2.59 bits per heavy atom. The molecule has 2 aromatic rings. The Labute approximate surface area is 174 Å². The lowest BCUT2D eigenvalue weighted by atomic mass is 10.2. The van der Waals surface area contributed by atoms with Crippen molar-refractivity contribution in [3.05, 3.63) is 46.7 Å². The predicted octanol–water partition coefficient (Wildman–Crippen LogP) is 3.04. The van der Waals surface area contributed by atoms with Crippen LogP contribution in [0.25, 0.3) is 0 Å². The maximum Gasteiger partial charge on any atom is 0.260 e. The number of benzene rings is 1. The van der Waals surface area contributed by atoms with Gasteiger partial charge in [0.2, 0.25) is 5.91 Å². The molecule has 0 saturated carbocycles. The molecule has 0 aliphatic carbocycles. The minimum atomic E-state index is -0.590. The summed E-state index contributed by atoms with van der Waals surface area (Å²) in [5.74, 6) is -1.28. The minimum absolute atomic E-state index is 0. The summed E-state index contributed by atoms with van der Waals surface area (Å²) in [5, 5.41) is 10.6. The van der Waals surface area contributed by atoms with E-state index in [0.29, 0.717) is 17.4 Å². The molecule has 1 aromatic carbocycles. The Kier molecular flexibility index (Phi) is 12.6. The Hall–Kier alpha value is -1.74. The van der Waals surface area contributed by atoms with Crippen LogP contribution in [0.15, 0.2) is 29.6 Å². The smallest absolute Gasteiger partial charge is 0.260 e. The largest absolute Gasteiger partial charge is 0.354 e. The molecule has 10 heteroatoms. The van der Waals surface area contributed by atoms with Crippen LogP contribution < -0.4 is 16.0 Å². The van der Waals surface area contributed by atoms with Gasteiger partial charge in [-0.2, -0.15) is 0 Å². The lowest BCUT2D eigenvalue weighted by molar-refractivity contribution is -0.120. The Morgan fingerprint density at radius 1 is 1.15 bits per heavy atom. The number of carbonyl (C=O) groups excluding carboxylic acids is 2. The number of halogens is 3. The summed E-state index contributed by atoms with van der Waals surface area (Å²) in [6.45, 7) is 4.28. The third-order valence-corrected chi connectivity index (χ3v) is 4.09. The van der Waals surface area contributed by atoms with E-state index in [2.05, 4.69) is 27.9 Å². The average molecular weight is 437 g/mol. The topological polar surface area (TPSA) is 83.1 Å². The average Bonchev–Trinajstić information content (AvgIpc) is 3.01. The molecule has 6 nitrogen and oxygen atoms in total. The highest BCUT2D eigenvalue weighted by molar-refractivity contribution is 7.14. The molecule has 0 fully saturated rings. The molecule has 2 amide bonds. The number of hydrogen-bond donors (Lipinski definition) is 3. The number of nitrogens with zero attached hydrogens (tertiary/aromatic N) is 1. The first kappa shape index (κ1) is 25.3. The van der Waals surface area contributed by atoms with Crippen LogP contribution in [0.2, 0.25) is 0 Å². The standard InChI is InChI=1S/C17H21FN4O2S.2ClH/c1-2-7-19-8-9-20-15(23)10-12-11-25-17(21-12)22-16(24)13-5-3-4-6-14(13)18;;/h3-6,11,19H,2,7-10H2,1H3,(H,20,23)(H,21,22,24);2*1H. The van der Waals surface area contributed by atoms with E-state index in [1.54, 1.807) is 11.4 Å². The Balaban J connectivity index is 0.00000338. The number of rotatable bonds is 9. The number of amides is 2. The van der Waals surface area contributed by atoms with Gasteiger partial charge in [-0.15, -0.1) is 36.2 Å². The minimum Gasteiger partial charge on any atom is -0.354 e. The van der Waals surface area contributed by atoms with E-state index in [0.717, 1.165) is 19.5 Å². The quantitative estimate of drug-likeness (QED) is 0.527. The molecule has 0 spiro atoms. The zero-order valence-electron chi connectivity index (χ0n) is 14.8. The van der Waals surface area contributed by atoms with Crippen molar-refractivity contribution in [2.45, 2.75) is 19.8 Å². The fourth-order valence-corrected chi connectivity index (χ4v) is 2.78. The van der Waals surface area contributed by atoms with Crippen LogP contribution in [0, 0.1) is 5.82 Å². The normalized spacial score (nSPS) is 9.70. The monoisotopic (exact) mass is 436 g/mol. The predicted molar refractivity (Wildman–Crippen MR) is 111 cm³/mol. The third kappa shape index (κ3) is 8.66. The van der Waals surface area contributed by atoms with Crippen LogP contribution in [0.1, 0.15) is 29.4 Å². The van der Waals surface area contributed by atoms with Crippen molar-refractivity contribution >= 4 is 53.1 Å². The molecule has 0 atom stereocenters. The Morgan fingerprint density at radius 2 is 1.89 bits per heavy atom. The van der Waals surface area contributed by atoms with Crippen LogP contribution >= 0.6 is 36.2 Å². The van der Waals surface area contributed by atoms with Crippen molar-refractivity contribution in [1.29, 1.82) is 0 Å². The zero-order valence-corrected chi connectivity index (χ0v) is 17.2. The van der Waals surface area contributed by atoms with Gasteiger partial charge < -0.3 is 10.6 Å². The molecule has 2 rings (SSSR count). The number of aromatic nitrogens is 1. The third-order valence-electron chi connectivity index (χ3n) is 3.28. The van der Waals surface area contributed by atoms with Gasteiger partial charge in [-0.1, -0.05) is 19.1 Å². The van der Waals surface area contributed by atoms with Gasteiger partial charge in [-0.3, -0.25) is 14.9 Å². The van der Waals surface area contributed by atoms with E-state index < -0.39 is 11.7 Å². The van der Waals surface area contributed by atoms with E-state index in [4.69, 9.17) is 0 Å². The fourth-order valence-electron chi connectivity index (χ4n) is 2.07. The second kappa shape index (κ2) is 13.4. The molecular weight excluding hydrogens is 414 g/mol. The number of anilines is 1. The highest BCUT2D eigenvalue weighted by atomic mass is 35.5. The number of nitrogens with one attached hydrogen (secondary N) is 3. The summed E-state index contributed by atoms with van der Waals surface area (Å²) < 4.78 is 13.6. The molecule has 27 heavy (non-hydrogen) atoms. The van der Waals surface area contributed by atoms with Crippen LogP contribution in [0.3, 0.4) is 0 Å². The van der Waals surface area contributed by atoms with Gasteiger partial charge in [-0.25, -0.2) is 9.37 Å². The first-order valence-electron chi connectivity index (χ1n) is 8.08. The first-order valence-corrected chi connectivity index (χ1v) is 8.95. The molecule has 1 heterocycles. The molecule has 150 valence electrons. The van der Waals surface area contributed by atoms with Crippen LogP contribution in [-0.4, -0.2) is 36.4 Å². The van der Waals surface area contributed by atoms with Crippen LogP contribution in [0.4, 0.5) is 9.52 Å². The molecule has 0 aliphatic heterocycles.